The minimum absolute atomic E-state index is 0.134. The summed E-state index contributed by atoms with van der Waals surface area (Å²) in [5.74, 6) is 0.733. The summed E-state index contributed by atoms with van der Waals surface area (Å²) in [6, 6.07) is 3.80. The van der Waals surface area contributed by atoms with Crippen LogP contribution < -0.4 is 15.9 Å². The van der Waals surface area contributed by atoms with Crippen molar-refractivity contribution in [3.63, 3.8) is 0 Å². The first kappa shape index (κ1) is 13.4. The maximum atomic E-state index is 9.47. The van der Waals surface area contributed by atoms with Gasteiger partial charge in [0, 0.05) is 16.5 Å². The molecule has 19 heavy (non-hydrogen) atoms. The molecule has 0 bridgehead atoms. The van der Waals surface area contributed by atoms with Crippen LogP contribution in [-0.2, 0) is 9.31 Å². The summed E-state index contributed by atoms with van der Waals surface area (Å²) in [4.78, 5) is 0. The summed E-state index contributed by atoms with van der Waals surface area (Å²) in [6.07, 6.45) is -0.223. The Morgan fingerprint density at radius 3 is 3.05 bits per heavy atom. The number of rotatable bonds is 2. The van der Waals surface area contributed by atoms with E-state index < -0.39 is 12.7 Å². The van der Waals surface area contributed by atoms with Crippen LogP contribution in [0.15, 0.2) is 16.6 Å². The van der Waals surface area contributed by atoms with Gasteiger partial charge in [0.1, 0.15) is 18.0 Å². The topological polar surface area (TPSA) is 73.9 Å². The predicted octanol–water partition coefficient (Wildman–Crippen LogP) is 0.334. The predicted molar refractivity (Wildman–Crippen MR) is 74.5 cm³/mol. The molecule has 0 saturated carbocycles. The molecule has 2 aliphatic rings. The minimum Gasteiger partial charge on any atom is -0.491 e. The lowest BCUT2D eigenvalue weighted by atomic mass is 9.77. The SMILES string of the molecule is CC1(CO)COc2ccc(Br)c3c2B(OC3CN)O1. The fourth-order valence-corrected chi connectivity index (χ4v) is 3.04. The van der Waals surface area contributed by atoms with Crippen LogP contribution in [0.1, 0.15) is 18.6 Å². The van der Waals surface area contributed by atoms with Crippen molar-refractivity contribution < 1.29 is 19.2 Å². The third-order valence-electron chi connectivity index (χ3n) is 3.51. The molecule has 0 aliphatic carbocycles. The van der Waals surface area contributed by atoms with E-state index in [1.807, 2.05) is 12.1 Å². The Morgan fingerprint density at radius 2 is 2.37 bits per heavy atom. The number of benzene rings is 1. The summed E-state index contributed by atoms with van der Waals surface area (Å²) in [6.45, 7) is 2.31. The Labute approximate surface area is 120 Å². The highest BCUT2D eigenvalue weighted by Gasteiger charge is 2.47. The molecule has 102 valence electrons. The fourth-order valence-electron chi connectivity index (χ4n) is 2.44. The van der Waals surface area contributed by atoms with Crippen LogP contribution in [0, 0.1) is 0 Å². The van der Waals surface area contributed by atoms with Gasteiger partial charge in [-0.15, -0.1) is 0 Å². The van der Waals surface area contributed by atoms with Gasteiger partial charge in [-0.1, -0.05) is 15.9 Å². The molecule has 0 radical (unpaired) electrons. The number of ether oxygens (including phenoxy) is 1. The third kappa shape index (κ3) is 2.09. The fraction of sp³-hybridized carbons (Fsp3) is 0.500. The van der Waals surface area contributed by atoms with Crippen molar-refractivity contribution in [3.8, 4) is 5.75 Å². The van der Waals surface area contributed by atoms with Crippen LogP contribution in [0.3, 0.4) is 0 Å². The smallest absolute Gasteiger partial charge is 0.491 e. The largest absolute Gasteiger partial charge is 0.499 e. The molecule has 2 atom stereocenters. The van der Waals surface area contributed by atoms with Gasteiger partial charge in [-0.25, -0.2) is 0 Å². The van der Waals surface area contributed by atoms with Gasteiger partial charge in [0.2, 0.25) is 0 Å². The molecule has 2 aliphatic heterocycles. The summed E-state index contributed by atoms with van der Waals surface area (Å²) in [5.41, 5.74) is 6.83. The lowest BCUT2D eigenvalue weighted by Crippen LogP contribution is -2.45. The van der Waals surface area contributed by atoms with E-state index in [-0.39, 0.29) is 19.3 Å². The van der Waals surface area contributed by atoms with Crippen LogP contribution in [0.5, 0.6) is 5.75 Å². The van der Waals surface area contributed by atoms with E-state index in [1.165, 1.54) is 0 Å². The lowest BCUT2D eigenvalue weighted by Gasteiger charge is -2.27. The Hall–Kier alpha value is -0.595. The van der Waals surface area contributed by atoms with Crippen molar-refractivity contribution >= 4 is 28.5 Å². The second kappa shape index (κ2) is 4.75. The second-order valence-electron chi connectivity index (χ2n) is 5.08. The zero-order valence-electron chi connectivity index (χ0n) is 10.6. The van der Waals surface area contributed by atoms with Crippen LogP contribution in [0.25, 0.3) is 0 Å². The van der Waals surface area contributed by atoms with Crippen molar-refractivity contribution in [2.24, 2.45) is 5.73 Å². The summed E-state index contributed by atoms with van der Waals surface area (Å²) in [7, 11) is -0.546. The molecule has 1 aromatic rings. The van der Waals surface area contributed by atoms with E-state index in [0.29, 0.717) is 6.54 Å². The molecule has 0 fully saturated rings. The molecule has 2 heterocycles. The van der Waals surface area contributed by atoms with Gasteiger partial charge in [0.05, 0.1) is 12.7 Å². The van der Waals surface area contributed by atoms with Gasteiger partial charge in [-0.3, -0.25) is 0 Å². The van der Waals surface area contributed by atoms with Gasteiger partial charge >= 0.3 is 7.12 Å². The second-order valence-corrected chi connectivity index (χ2v) is 5.93. The lowest BCUT2D eigenvalue weighted by molar-refractivity contribution is -0.0265. The molecule has 3 rings (SSSR count). The zero-order valence-corrected chi connectivity index (χ0v) is 12.1. The Kier molecular flexibility index (Phi) is 3.35. The van der Waals surface area contributed by atoms with E-state index in [1.54, 1.807) is 6.92 Å². The molecule has 0 saturated heterocycles. The van der Waals surface area contributed by atoms with E-state index in [2.05, 4.69) is 15.9 Å². The summed E-state index contributed by atoms with van der Waals surface area (Å²) < 4.78 is 18.4. The standard InChI is InChI=1S/C12H15BBrNO4/c1-12(5-16)6-17-8-3-2-7(14)10-9(4-15)18-13(19-12)11(8)10/h2-3,9,16H,4-6,15H2,1H3. The molecule has 7 heteroatoms. The number of hydrogen-bond acceptors (Lipinski definition) is 5. The molecule has 3 N–H and O–H groups in total. The normalized spacial score (nSPS) is 28.8. The van der Waals surface area contributed by atoms with E-state index in [9.17, 15) is 5.11 Å². The van der Waals surface area contributed by atoms with E-state index in [4.69, 9.17) is 19.8 Å². The van der Waals surface area contributed by atoms with Gasteiger partial charge in [0.15, 0.2) is 0 Å². The highest BCUT2D eigenvalue weighted by atomic mass is 79.9. The van der Waals surface area contributed by atoms with Crippen molar-refractivity contribution in [1.82, 2.24) is 0 Å². The van der Waals surface area contributed by atoms with Crippen LogP contribution in [-0.4, -0.2) is 37.6 Å². The van der Waals surface area contributed by atoms with Crippen molar-refractivity contribution in [3.05, 3.63) is 22.2 Å². The van der Waals surface area contributed by atoms with Crippen molar-refractivity contribution in [2.45, 2.75) is 18.6 Å². The highest BCUT2D eigenvalue weighted by molar-refractivity contribution is 9.10. The third-order valence-corrected chi connectivity index (χ3v) is 4.20. The molecular weight excluding hydrogens is 313 g/mol. The molecule has 5 nitrogen and oxygen atoms in total. The minimum atomic E-state index is -0.781. The average molecular weight is 328 g/mol. The van der Waals surface area contributed by atoms with Gasteiger partial charge < -0.3 is 24.9 Å². The highest BCUT2D eigenvalue weighted by Crippen LogP contribution is 2.36. The number of aliphatic hydroxyl groups is 1. The monoisotopic (exact) mass is 327 g/mol. The Balaban J connectivity index is 2.09. The van der Waals surface area contributed by atoms with Crippen molar-refractivity contribution in [1.29, 1.82) is 0 Å². The summed E-state index contributed by atoms with van der Waals surface area (Å²) >= 11 is 3.52. The maximum absolute atomic E-state index is 9.47. The molecule has 1 aromatic carbocycles. The zero-order chi connectivity index (χ0) is 13.6. The van der Waals surface area contributed by atoms with Crippen LogP contribution in [0.4, 0.5) is 0 Å². The Morgan fingerprint density at radius 1 is 1.58 bits per heavy atom. The van der Waals surface area contributed by atoms with Gasteiger partial charge in [-0.2, -0.15) is 0 Å². The quantitative estimate of drug-likeness (QED) is 0.766. The number of hydrogen-bond donors (Lipinski definition) is 2. The first-order valence-electron chi connectivity index (χ1n) is 6.17. The van der Waals surface area contributed by atoms with E-state index in [0.717, 1.165) is 21.2 Å². The van der Waals surface area contributed by atoms with Crippen molar-refractivity contribution in [2.75, 3.05) is 19.8 Å². The first-order chi connectivity index (χ1) is 9.08. The molecule has 2 unspecified atom stereocenters. The molecule has 0 amide bonds. The first-order valence-corrected chi connectivity index (χ1v) is 6.96. The number of halogens is 1. The summed E-state index contributed by atoms with van der Waals surface area (Å²) in [5, 5.41) is 9.47. The van der Waals surface area contributed by atoms with Gasteiger partial charge in [0.25, 0.3) is 0 Å². The van der Waals surface area contributed by atoms with Crippen LogP contribution in [0.2, 0.25) is 0 Å². The average Bonchev–Trinajstić information content (AvgIpc) is 2.70. The molecule has 0 spiro atoms. The molecule has 0 aromatic heterocycles. The number of aliphatic hydroxyl groups excluding tert-OH is 1. The number of nitrogens with two attached hydrogens (primary N) is 1. The van der Waals surface area contributed by atoms with Crippen LogP contribution >= 0.6 is 15.9 Å². The maximum Gasteiger partial charge on any atom is 0.499 e. The van der Waals surface area contributed by atoms with E-state index >= 15 is 0 Å². The Bertz CT molecular complexity index is 515. The molecular formula is C12H15BBrNO4. The van der Waals surface area contributed by atoms with Gasteiger partial charge in [-0.05, 0) is 24.6 Å².